The van der Waals surface area contributed by atoms with Crippen LogP contribution in [0.1, 0.15) is 16.7 Å². The van der Waals surface area contributed by atoms with E-state index in [4.69, 9.17) is 21.0 Å². The van der Waals surface area contributed by atoms with Crippen molar-refractivity contribution in [1.29, 1.82) is 0 Å². The fourth-order valence-corrected chi connectivity index (χ4v) is 4.88. The Morgan fingerprint density at radius 2 is 1.87 bits per heavy atom. The van der Waals surface area contributed by atoms with Gasteiger partial charge in [-0.05, 0) is 47.9 Å². The van der Waals surface area contributed by atoms with Gasteiger partial charge in [0.25, 0.3) is 0 Å². The predicted octanol–water partition coefficient (Wildman–Crippen LogP) is 6.45. The van der Waals surface area contributed by atoms with Gasteiger partial charge in [-0.3, -0.25) is 0 Å². The second-order valence-electron chi connectivity index (χ2n) is 7.48. The molecule has 0 atom stereocenters. The number of aryl methyl sites for hydroxylation is 1. The summed E-state index contributed by atoms with van der Waals surface area (Å²) >= 11 is 7.81. The number of halogens is 1. The monoisotopic (exact) mass is 446 g/mol. The van der Waals surface area contributed by atoms with E-state index in [0.717, 1.165) is 32.7 Å². The van der Waals surface area contributed by atoms with Crippen molar-refractivity contribution in [1.82, 2.24) is 9.55 Å². The van der Waals surface area contributed by atoms with Crippen molar-refractivity contribution in [3.63, 3.8) is 0 Å². The van der Waals surface area contributed by atoms with E-state index in [1.165, 1.54) is 5.56 Å². The van der Waals surface area contributed by atoms with Crippen molar-refractivity contribution >= 4 is 45.4 Å². The fourth-order valence-electron chi connectivity index (χ4n) is 3.71. The van der Waals surface area contributed by atoms with Crippen LogP contribution in [-0.2, 0) is 12.3 Å². The summed E-state index contributed by atoms with van der Waals surface area (Å²) in [6.45, 7) is 2.69. The number of imidazole rings is 1. The Hall–Kier alpha value is -3.02. The summed E-state index contributed by atoms with van der Waals surface area (Å²) in [4.78, 5) is 16.9. The summed E-state index contributed by atoms with van der Waals surface area (Å²) in [7, 11) is 0. The van der Waals surface area contributed by atoms with Gasteiger partial charge in [0.1, 0.15) is 5.58 Å². The number of nitrogens with zero attached hydrogens (tertiary/aromatic N) is 2. The molecule has 2 heterocycles. The molecule has 0 N–H and O–H groups in total. The Morgan fingerprint density at radius 3 is 2.71 bits per heavy atom. The fraction of sp³-hybridized carbons (Fsp3) is 0.120. The number of thioether (sulfide) groups is 1. The van der Waals surface area contributed by atoms with Gasteiger partial charge in [-0.15, -0.1) is 0 Å². The molecule has 0 unspecified atom stereocenters. The number of rotatable bonds is 5. The van der Waals surface area contributed by atoms with Crippen LogP contribution in [0.4, 0.5) is 0 Å². The molecule has 0 spiro atoms. The summed E-state index contributed by atoms with van der Waals surface area (Å²) < 4.78 is 7.60. The van der Waals surface area contributed by atoms with E-state index in [9.17, 15) is 4.79 Å². The van der Waals surface area contributed by atoms with E-state index in [-0.39, 0.29) is 5.63 Å². The van der Waals surface area contributed by atoms with E-state index in [1.54, 1.807) is 17.8 Å². The Balaban J connectivity index is 1.54. The quantitative estimate of drug-likeness (QED) is 0.230. The third kappa shape index (κ3) is 4.11. The van der Waals surface area contributed by atoms with E-state index in [2.05, 4.69) is 16.7 Å². The van der Waals surface area contributed by atoms with Gasteiger partial charge in [-0.1, -0.05) is 65.8 Å². The summed E-state index contributed by atoms with van der Waals surface area (Å²) in [5.74, 6) is 0.608. The lowest BCUT2D eigenvalue weighted by atomic mass is 10.1. The molecule has 6 heteroatoms. The molecule has 0 radical (unpaired) electrons. The highest BCUT2D eigenvalue weighted by atomic mass is 35.5. The molecular formula is C25H19ClN2O2S. The molecule has 0 saturated carbocycles. The smallest absolute Gasteiger partial charge is 0.336 e. The first-order chi connectivity index (χ1) is 15.1. The van der Waals surface area contributed by atoms with Gasteiger partial charge >= 0.3 is 5.63 Å². The molecule has 0 fully saturated rings. The number of hydrogen-bond donors (Lipinski definition) is 0. The average Bonchev–Trinajstić information content (AvgIpc) is 3.08. The average molecular weight is 447 g/mol. The van der Waals surface area contributed by atoms with Gasteiger partial charge < -0.3 is 8.98 Å². The molecule has 0 amide bonds. The van der Waals surface area contributed by atoms with Crippen molar-refractivity contribution in [3.8, 4) is 0 Å². The number of aromatic nitrogens is 2. The molecule has 0 aliphatic rings. The highest BCUT2D eigenvalue weighted by Crippen LogP contribution is 2.31. The highest BCUT2D eigenvalue weighted by molar-refractivity contribution is 7.98. The topological polar surface area (TPSA) is 48.0 Å². The SMILES string of the molecule is Cc1ccc2c(CSc3nc4cc(Cl)ccc4n3Cc3ccccc3)cc(=O)oc2c1. The van der Waals surface area contributed by atoms with Crippen LogP contribution in [0.25, 0.3) is 22.0 Å². The minimum atomic E-state index is -0.335. The van der Waals surface area contributed by atoms with Crippen molar-refractivity contribution in [3.05, 3.63) is 105 Å². The molecular weight excluding hydrogens is 428 g/mol. The second-order valence-corrected chi connectivity index (χ2v) is 8.86. The standard InChI is InChI=1S/C25H19ClN2O2S/c1-16-7-9-20-18(12-24(29)30-23(20)11-16)15-31-25-27-21-13-19(26)8-10-22(21)28(25)14-17-5-3-2-4-6-17/h2-13H,14-15H2,1H3. The number of fused-ring (bicyclic) bond motifs is 2. The van der Waals surface area contributed by atoms with Gasteiger partial charge in [-0.25, -0.2) is 9.78 Å². The normalized spacial score (nSPS) is 11.4. The van der Waals surface area contributed by atoms with Crippen molar-refractivity contribution in [2.24, 2.45) is 0 Å². The molecule has 5 rings (SSSR count). The summed E-state index contributed by atoms with van der Waals surface area (Å²) in [5.41, 5.74) is 5.36. The molecule has 0 saturated heterocycles. The van der Waals surface area contributed by atoms with Gasteiger partial charge in [0.2, 0.25) is 0 Å². The summed E-state index contributed by atoms with van der Waals surface area (Å²) in [6.07, 6.45) is 0. The maximum Gasteiger partial charge on any atom is 0.336 e. The van der Waals surface area contributed by atoms with Crippen molar-refractivity contribution in [2.75, 3.05) is 0 Å². The van der Waals surface area contributed by atoms with Crippen LogP contribution in [0.5, 0.6) is 0 Å². The van der Waals surface area contributed by atoms with Crippen LogP contribution >= 0.6 is 23.4 Å². The van der Waals surface area contributed by atoms with Crippen LogP contribution < -0.4 is 5.63 Å². The zero-order chi connectivity index (χ0) is 21.4. The zero-order valence-electron chi connectivity index (χ0n) is 16.8. The first-order valence-corrected chi connectivity index (χ1v) is 11.3. The molecule has 0 bridgehead atoms. The van der Waals surface area contributed by atoms with Crippen LogP contribution in [0, 0.1) is 6.92 Å². The maximum atomic E-state index is 12.1. The molecule has 3 aromatic carbocycles. The molecule has 154 valence electrons. The van der Waals surface area contributed by atoms with Gasteiger partial charge in [0.15, 0.2) is 5.16 Å². The second kappa shape index (κ2) is 8.25. The first kappa shape index (κ1) is 19.9. The van der Waals surface area contributed by atoms with Gasteiger partial charge in [0, 0.05) is 22.2 Å². The van der Waals surface area contributed by atoms with E-state index < -0.39 is 0 Å². The lowest BCUT2D eigenvalue weighted by Gasteiger charge is -2.10. The van der Waals surface area contributed by atoms with E-state index in [0.29, 0.717) is 22.9 Å². The van der Waals surface area contributed by atoms with Crippen LogP contribution in [0.3, 0.4) is 0 Å². The van der Waals surface area contributed by atoms with Crippen molar-refractivity contribution in [2.45, 2.75) is 24.4 Å². The lowest BCUT2D eigenvalue weighted by Crippen LogP contribution is -2.03. The molecule has 31 heavy (non-hydrogen) atoms. The van der Waals surface area contributed by atoms with Gasteiger partial charge in [-0.2, -0.15) is 0 Å². The van der Waals surface area contributed by atoms with E-state index >= 15 is 0 Å². The maximum absolute atomic E-state index is 12.1. The van der Waals surface area contributed by atoms with Crippen molar-refractivity contribution < 1.29 is 4.42 Å². The van der Waals surface area contributed by atoms with Crippen LogP contribution in [0.2, 0.25) is 5.02 Å². The summed E-state index contributed by atoms with van der Waals surface area (Å²) in [6, 6.07) is 23.6. The Labute approximate surface area is 188 Å². The molecule has 4 nitrogen and oxygen atoms in total. The Bertz CT molecular complexity index is 1460. The van der Waals surface area contributed by atoms with E-state index in [1.807, 2.05) is 61.5 Å². The predicted molar refractivity (Wildman–Crippen MR) is 127 cm³/mol. The van der Waals surface area contributed by atoms with Crippen LogP contribution in [-0.4, -0.2) is 9.55 Å². The Kier molecular flexibility index (Phi) is 5.30. The lowest BCUT2D eigenvalue weighted by molar-refractivity contribution is 0.559. The zero-order valence-corrected chi connectivity index (χ0v) is 18.4. The Morgan fingerprint density at radius 1 is 1.03 bits per heavy atom. The summed E-state index contributed by atoms with van der Waals surface area (Å²) in [5, 5.41) is 2.50. The molecule has 0 aliphatic carbocycles. The molecule has 2 aromatic heterocycles. The first-order valence-electron chi connectivity index (χ1n) is 9.93. The largest absolute Gasteiger partial charge is 0.423 e. The highest BCUT2D eigenvalue weighted by Gasteiger charge is 2.14. The van der Waals surface area contributed by atoms with Crippen LogP contribution in [0.15, 0.2) is 87.2 Å². The minimum absolute atomic E-state index is 0.335. The molecule has 0 aliphatic heterocycles. The molecule has 5 aromatic rings. The number of benzene rings is 3. The minimum Gasteiger partial charge on any atom is -0.423 e. The van der Waals surface area contributed by atoms with Gasteiger partial charge in [0.05, 0.1) is 17.6 Å². The number of hydrogen-bond acceptors (Lipinski definition) is 4. The third-order valence-electron chi connectivity index (χ3n) is 5.20. The third-order valence-corrected chi connectivity index (χ3v) is 6.46.